The molecule has 0 radical (unpaired) electrons. The molecule has 1 aromatic carbocycles. The zero-order valence-electron chi connectivity index (χ0n) is 19.6. The number of hydrogen-bond donors (Lipinski definition) is 3. The number of aliphatic hydroxyl groups is 1. The molecule has 10 nitrogen and oxygen atoms in total. The predicted octanol–water partition coefficient (Wildman–Crippen LogP) is 1.05. The lowest BCUT2D eigenvalue weighted by Gasteiger charge is -2.43. The first kappa shape index (κ1) is 24.3. The van der Waals surface area contributed by atoms with Crippen molar-refractivity contribution in [2.24, 2.45) is 5.73 Å². The maximum absolute atomic E-state index is 14.4. The number of carbonyl (C=O) groups excluding carboxylic acids is 2. The number of pyridine rings is 1. The normalized spacial score (nSPS) is 29.9. The molecule has 0 aliphatic carbocycles. The average molecular weight is 504 g/mol. The molecule has 12 heteroatoms. The molecule has 2 amide bonds. The van der Waals surface area contributed by atoms with Crippen molar-refractivity contribution in [1.82, 2.24) is 14.5 Å². The first-order chi connectivity index (χ1) is 17.0. The van der Waals surface area contributed by atoms with Gasteiger partial charge in [0.2, 0.25) is 5.43 Å². The van der Waals surface area contributed by atoms with Crippen LogP contribution < -0.4 is 11.2 Å². The molecule has 36 heavy (non-hydrogen) atoms. The third-order valence-corrected chi connectivity index (χ3v) is 7.73. The summed E-state index contributed by atoms with van der Waals surface area (Å²) < 4.78 is 29.1. The van der Waals surface area contributed by atoms with Gasteiger partial charge < -0.3 is 25.4 Å². The van der Waals surface area contributed by atoms with Crippen molar-refractivity contribution in [1.29, 1.82) is 0 Å². The van der Waals surface area contributed by atoms with E-state index in [0.717, 1.165) is 18.3 Å². The lowest BCUT2D eigenvalue weighted by molar-refractivity contribution is -0.232. The molecule has 2 aromatic rings. The number of nitrogens with zero attached hydrogens (tertiary/aromatic N) is 3. The van der Waals surface area contributed by atoms with Crippen molar-refractivity contribution in [2.45, 2.75) is 63.1 Å². The highest BCUT2D eigenvalue weighted by Gasteiger charge is 2.61. The van der Waals surface area contributed by atoms with Crippen molar-refractivity contribution in [3.05, 3.63) is 63.1 Å². The molecular weight excluding hydrogens is 478 g/mol. The monoisotopic (exact) mass is 504 g/mol. The maximum atomic E-state index is 14.4. The van der Waals surface area contributed by atoms with Gasteiger partial charge in [-0.15, -0.1) is 0 Å². The molecule has 2 saturated heterocycles. The number of primary amides is 1. The summed E-state index contributed by atoms with van der Waals surface area (Å²) in [7, 11) is 0. The number of amides is 2. The van der Waals surface area contributed by atoms with Gasteiger partial charge in [-0.2, -0.15) is 5.06 Å². The van der Waals surface area contributed by atoms with Crippen LogP contribution in [0.4, 0.5) is 8.78 Å². The molecule has 3 aliphatic heterocycles. The fourth-order valence-corrected chi connectivity index (χ4v) is 5.64. The van der Waals surface area contributed by atoms with Crippen LogP contribution in [0.1, 0.15) is 59.1 Å². The Bertz CT molecular complexity index is 1330. The van der Waals surface area contributed by atoms with E-state index >= 15 is 0 Å². The van der Waals surface area contributed by atoms with Gasteiger partial charge in [-0.1, -0.05) is 6.07 Å². The average Bonchev–Trinajstić information content (AvgIpc) is 2.97. The number of carbonyl (C=O) groups is 2. The SMILES string of the molecule is CC1C(O)[C@@]2(CC[C@H](C)N3C[C@H]2n2cc(C(N)=O)c(=O)c(O)c2C3=O)ON1Cc1ccc(F)cc1F. The highest BCUT2D eigenvalue weighted by atomic mass is 19.1. The number of hydrogen-bond acceptors (Lipinski definition) is 7. The van der Waals surface area contributed by atoms with Crippen molar-refractivity contribution in [3.63, 3.8) is 0 Å². The zero-order valence-corrected chi connectivity index (χ0v) is 19.6. The first-order valence-electron chi connectivity index (χ1n) is 11.6. The summed E-state index contributed by atoms with van der Waals surface area (Å²) in [5, 5.41) is 23.6. The smallest absolute Gasteiger partial charge is 0.274 e. The number of benzene rings is 1. The molecule has 2 fully saturated rings. The predicted molar refractivity (Wildman–Crippen MR) is 121 cm³/mol. The van der Waals surface area contributed by atoms with E-state index in [4.69, 9.17) is 10.6 Å². The highest BCUT2D eigenvalue weighted by Crippen LogP contribution is 2.49. The molecule has 1 spiro atoms. The summed E-state index contributed by atoms with van der Waals surface area (Å²) in [4.78, 5) is 45.6. The number of hydroxylamine groups is 2. The topological polar surface area (TPSA) is 138 Å². The van der Waals surface area contributed by atoms with Crippen LogP contribution in [0.25, 0.3) is 0 Å². The summed E-state index contributed by atoms with van der Waals surface area (Å²) in [6.45, 7) is 3.48. The highest BCUT2D eigenvalue weighted by molar-refractivity contribution is 5.99. The van der Waals surface area contributed by atoms with Gasteiger partial charge in [0, 0.05) is 30.4 Å². The lowest BCUT2D eigenvalue weighted by atomic mass is 9.81. The number of aromatic hydroxyl groups is 1. The third kappa shape index (κ3) is 3.43. The number of rotatable bonds is 3. The molecule has 4 N–H and O–H groups in total. The van der Waals surface area contributed by atoms with Crippen LogP contribution in [0, 0.1) is 11.6 Å². The maximum Gasteiger partial charge on any atom is 0.274 e. The number of halogens is 2. The largest absolute Gasteiger partial charge is 0.503 e. The fourth-order valence-electron chi connectivity index (χ4n) is 5.64. The van der Waals surface area contributed by atoms with Gasteiger partial charge in [0.05, 0.1) is 18.6 Å². The Morgan fingerprint density at radius 1 is 1.28 bits per heavy atom. The van der Waals surface area contributed by atoms with Crippen LogP contribution in [-0.4, -0.2) is 66.9 Å². The minimum Gasteiger partial charge on any atom is -0.503 e. The van der Waals surface area contributed by atoms with Gasteiger partial charge >= 0.3 is 0 Å². The Morgan fingerprint density at radius 3 is 2.67 bits per heavy atom. The summed E-state index contributed by atoms with van der Waals surface area (Å²) in [6, 6.07) is 1.42. The van der Waals surface area contributed by atoms with E-state index in [1.54, 1.807) is 6.92 Å². The fraction of sp³-hybridized carbons (Fsp3) is 0.458. The van der Waals surface area contributed by atoms with Crippen molar-refractivity contribution >= 4 is 11.8 Å². The number of aromatic nitrogens is 1. The van der Waals surface area contributed by atoms with Gasteiger partial charge in [-0.3, -0.25) is 19.2 Å². The Labute approximate surface area is 204 Å². The molecule has 4 heterocycles. The van der Waals surface area contributed by atoms with E-state index in [1.165, 1.54) is 20.6 Å². The molecule has 3 aliphatic rings. The van der Waals surface area contributed by atoms with Gasteiger partial charge in [0.1, 0.15) is 28.9 Å². The van der Waals surface area contributed by atoms with Gasteiger partial charge in [-0.25, -0.2) is 8.78 Å². The van der Waals surface area contributed by atoms with E-state index in [0.29, 0.717) is 6.42 Å². The van der Waals surface area contributed by atoms with E-state index < -0.39 is 64.0 Å². The molecular formula is C24H26F2N4O6. The van der Waals surface area contributed by atoms with Gasteiger partial charge in [0.15, 0.2) is 11.4 Å². The molecule has 5 atom stereocenters. The molecule has 2 bridgehead atoms. The molecule has 2 unspecified atom stereocenters. The minimum atomic E-state index is -1.36. The van der Waals surface area contributed by atoms with E-state index in [2.05, 4.69) is 0 Å². The van der Waals surface area contributed by atoms with Gasteiger partial charge in [-0.05, 0) is 32.8 Å². The Morgan fingerprint density at radius 2 is 2.00 bits per heavy atom. The Kier molecular flexibility index (Phi) is 5.65. The second kappa shape index (κ2) is 8.36. The molecule has 0 saturated carbocycles. The first-order valence-corrected chi connectivity index (χ1v) is 11.6. The number of nitrogens with two attached hydrogens (primary N) is 1. The summed E-state index contributed by atoms with van der Waals surface area (Å²) in [5.41, 5.74) is 2.27. The van der Waals surface area contributed by atoms with E-state index in [-0.39, 0.29) is 36.8 Å². The summed E-state index contributed by atoms with van der Waals surface area (Å²) in [6.07, 6.45) is 0.681. The number of fused-ring (bicyclic) bond motifs is 5. The zero-order chi connectivity index (χ0) is 26.1. The van der Waals surface area contributed by atoms with Crippen molar-refractivity contribution in [2.75, 3.05) is 6.54 Å². The number of aliphatic hydroxyl groups excluding tert-OH is 1. The molecule has 5 rings (SSSR count). The van der Waals surface area contributed by atoms with Crippen LogP contribution in [-0.2, 0) is 11.4 Å². The van der Waals surface area contributed by atoms with Crippen LogP contribution in [0.2, 0.25) is 0 Å². The summed E-state index contributed by atoms with van der Waals surface area (Å²) in [5.74, 6) is -4.05. The van der Waals surface area contributed by atoms with Gasteiger partial charge in [0.25, 0.3) is 11.8 Å². The second-order valence-electron chi connectivity index (χ2n) is 9.74. The van der Waals surface area contributed by atoms with Crippen LogP contribution in [0.3, 0.4) is 0 Å². The van der Waals surface area contributed by atoms with E-state index in [9.17, 15) is 33.4 Å². The van der Waals surface area contributed by atoms with Crippen molar-refractivity contribution < 1.29 is 33.4 Å². The van der Waals surface area contributed by atoms with E-state index in [1.807, 2.05) is 6.92 Å². The van der Waals surface area contributed by atoms with Crippen LogP contribution in [0.5, 0.6) is 5.75 Å². The molecule has 192 valence electrons. The quantitative estimate of drug-likeness (QED) is 0.568. The van der Waals surface area contributed by atoms with Crippen LogP contribution in [0.15, 0.2) is 29.2 Å². The lowest BCUT2D eigenvalue weighted by Crippen LogP contribution is -2.56. The standard InChI is InChI=1S/C24H26F2N4O6/c1-11-5-6-24(21(33)12(2)30(36-24)8-13-3-4-14(25)7-16(13)26)17-10-28(11)23(35)18-20(32)19(31)15(22(27)34)9-29(17)18/h3-4,7,9,11-12,17,21,32-33H,5-6,8,10H2,1-2H3,(H2,27,34)/t11-,12?,17+,21?,24-/m0/s1. The molecule has 1 aromatic heterocycles. The minimum absolute atomic E-state index is 0.0655. The second-order valence-corrected chi connectivity index (χ2v) is 9.74. The Hall–Kier alpha value is -3.35. The van der Waals surface area contributed by atoms with Crippen molar-refractivity contribution in [3.8, 4) is 5.75 Å². The third-order valence-electron chi connectivity index (χ3n) is 7.73. The van der Waals surface area contributed by atoms with Crippen LogP contribution >= 0.6 is 0 Å². The Balaban J connectivity index is 1.63. The summed E-state index contributed by atoms with van der Waals surface area (Å²) >= 11 is 0.